The molecule has 19 heavy (non-hydrogen) atoms. The predicted octanol–water partition coefficient (Wildman–Crippen LogP) is 4.11. The number of hydrogen-bond donors (Lipinski definition) is 1. The third-order valence-electron chi connectivity index (χ3n) is 4.81. The Morgan fingerprint density at radius 3 is 2.74 bits per heavy atom. The summed E-state index contributed by atoms with van der Waals surface area (Å²) in [4.78, 5) is 4.33. The highest BCUT2D eigenvalue weighted by molar-refractivity contribution is 5.20. The first-order chi connectivity index (χ1) is 9.11. The molecule has 2 nitrogen and oxygen atoms in total. The third kappa shape index (κ3) is 3.56. The van der Waals surface area contributed by atoms with Gasteiger partial charge in [0.05, 0.1) is 0 Å². The molecule has 1 fully saturated rings. The fraction of sp³-hybridized carbons (Fsp3) is 0.706. The van der Waals surface area contributed by atoms with Gasteiger partial charge in [0.2, 0.25) is 0 Å². The largest absolute Gasteiger partial charge is 0.310 e. The van der Waals surface area contributed by atoms with Crippen LogP contribution in [-0.4, -0.2) is 11.5 Å². The van der Waals surface area contributed by atoms with Crippen LogP contribution in [0.3, 0.4) is 0 Å². The molecule has 1 aliphatic carbocycles. The lowest BCUT2D eigenvalue weighted by Crippen LogP contribution is -2.33. The Kier molecular flexibility index (Phi) is 4.98. The van der Waals surface area contributed by atoms with Gasteiger partial charge in [0, 0.05) is 17.9 Å². The molecule has 0 amide bonds. The lowest BCUT2D eigenvalue weighted by Gasteiger charge is -2.37. The summed E-state index contributed by atoms with van der Waals surface area (Å²) < 4.78 is 0. The molecule has 1 aromatic rings. The van der Waals surface area contributed by atoms with Crippen LogP contribution in [0.4, 0.5) is 0 Å². The number of aryl methyl sites for hydroxylation is 1. The van der Waals surface area contributed by atoms with Gasteiger partial charge in [0.1, 0.15) is 0 Å². The van der Waals surface area contributed by atoms with Crippen molar-refractivity contribution in [3.63, 3.8) is 0 Å². The second-order valence-electron chi connectivity index (χ2n) is 6.29. The van der Waals surface area contributed by atoms with E-state index in [0.29, 0.717) is 6.04 Å². The fourth-order valence-corrected chi connectivity index (χ4v) is 3.43. The summed E-state index contributed by atoms with van der Waals surface area (Å²) in [5.74, 6) is 2.51. The van der Waals surface area contributed by atoms with Gasteiger partial charge >= 0.3 is 0 Å². The van der Waals surface area contributed by atoms with Crippen molar-refractivity contribution < 1.29 is 0 Å². The highest BCUT2D eigenvalue weighted by Crippen LogP contribution is 2.39. The number of nitrogens with one attached hydrogen (secondary N) is 1. The lowest BCUT2D eigenvalue weighted by molar-refractivity contribution is 0.172. The minimum Gasteiger partial charge on any atom is -0.310 e. The van der Waals surface area contributed by atoms with Gasteiger partial charge in [-0.25, -0.2) is 0 Å². The summed E-state index contributed by atoms with van der Waals surface area (Å²) >= 11 is 0. The first kappa shape index (κ1) is 14.5. The average Bonchev–Trinajstić information content (AvgIpc) is 2.39. The van der Waals surface area contributed by atoms with Crippen molar-refractivity contribution in [2.75, 3.05) is 6.54 Å². The van der Waals surface area contributed by atoms with Gasteiger partial charge in [0.25, 0.3) is 0 Å². The van der Waals surface area contributed by atoms with Gasteiger partial charge in [-0.15, -0.1) is 0 Å². The van der Waals surface area contributed by atoms with Crippen LogP contribution >= 0.6 is 0 Å². The van der Waals surface area contributed by atoms with Gasteiger partial charge in [-0.05, 0) is 61.8 Å². The van der Waals surface area contributed by atoms with Gasteiger partial charge in [-0.2, -0.15) is 0 Å². The van der Waals surface area contributed by atoms with Gasteiger partial charge in [-0.3, -0.25) is 4.98 Å². The van der Waals surface area contributed by atoms with E-state index in [2.05, 4.69) is 50.1 Å². The highest BCUT2D eigenvalue weighted by Gasteiger charge is 2.30. The van der Waals surface area contributed by atoms with E-state index in [9.17, 15) is 0 Å². The number of pyridine rings is 1. The van der Waals surface area contributed by atoms with Crippen molar-refractivity contribution in [3.8, 4) is 0 Å². The standard InChI is InChI=1S/C17H28N2/c1-5-18-17(16-8-9-19-14(4)11-16)15-7-6-12(2)13(3)10-15/h8-9,11-13,15,17-18H,5-7,10H2,1-4H3. The highest BCUT2D eigenvalue weighted by atomic mass is 14.9. The quantitative estimate of drug-likeness (QED) is 0.881. The summed E-state index contributed by atoms with van der Waals surface area (Å²) in [6.45, 7) is 10.1. The summed E-state index contributed by atoms with van der Waals surface area (Å²) in [5, 5.41) is 3.70. The maximum atomic E-state index is 4.33. The van der Waals surface area contributed by atoms with Crippen LogP contribution in [-0.2, 0) is 0 Å². The van der Waals surface area contributed by atoms with Gasteiger partial charge < -0.3 is 5.32 Å². The Balaban J connectivity index is 2.16. The Hall–Kier alpha value is -0.890. The summed E-state index contributed by atoms with van der Waals surface area (Å²) in [6.07, 6.45) is 6.02. The molecule has 1 heterocycles. The Labute approximate surface area is 118 Å². The first-order valence-electron chi connectivity index (χ1n) is 7.77. The molecule has 1 N–H and O–H groups in total. The van der Waals surface area contributed by atoms with Crippen molar-refractivity contribution in [2.24, 2.45) is 17.8 Å². The summed E-state index contributed by atoms with van der Waals surface area (Å²) in [5.41, 5.74) is 2.54. The minimum absolute atomic E-state index is 0.502. The molecule has 106 valence electrons. The molecule has 0 aromatic carbocycles. The van der Waals surface area contributed by atoms with E-state index in [1.807, 2.05) is 6.20 Å². The van der Waals surface area contributed by atoms with Crippen molar-refractivity contribution in [3.05, 3.63) is 29.6 Å². The zero-order valence-corrected chi connectivity index (χ0v) is 12.8. The SMILES string of the molecule is CCNC(c1ccnc(C)c1)C1CCC(C)C(C)C1. The molecule has 4 unspecified atom stereocenters. The van der Waals surface area contributed by atoms with Crippen LogP contribution in [0.5, 0.6) is 0 Å². The first-order valence-corrected chi connectivity index (χ1v) is 7.77. The Morgan fingerprint density at radius 2 is 2.11 bits per heavy atom. The molecular weight excluding hydrogens is 232 g/mol. The maximum Gasteiger partial charge on any atom is 0.0375 e. The molecule has 0 spiro atoms. The molecule has 1 aromatic heterocycles. The van der Waals surface area contributed by atoms with E-state index in [4.69, 9.17) is 0 Å². The van der Waals surface area contributed by atoms with Crippen LogP contribution < -0.4 is 5.32 Å². The minimum atomic E-state index is 0.502. The van der Waals surface area contributed by atoms with Crippen molar-refractivity contribution in [2.45, 2.75) is 53.0 Å². The monoisotopic (exact) mass is 260 g/mol. The second-order valence-corrected chi connectivity index (χ2v) is 6.29. The molecule has 1 aliphatic rings. The number of hydrogen-bond acceptors (Lipinski definition) is 2. The van der Waals surface area contributed by atoms with E-state index in [1.54, 1.807) is 0 Å². The lowest BCUT2D eigenvalue weighted by atomic mass is 9.72. The van der Waals surface area contributed by atoms with Gasteiger partial charge in [-0.1, -0.05) is 27.2 Å². The predicted molar refractivity (Wildman–Crippen MR) is 81.1 cm³/mol. The molecule has 2 heteroatoms. The van der Waals surface area contributed by atoms with Crippen LogP contribution in [0.25, 0.3) is 0 Å². The zero-order valence-electron chi connectivity index (χ0n) is 12.8. The third-order valence-corrected chi connectivity index (χ3v) is 4.81. The van der Waals surface area contributed by atoms with Crippen LogP contribution in [0.15, 0.2) is 18.3 Å². The topological polar surface area (TPSA) is 24.9 Å². The molecule has 0 radical (unpaired) electrons. The molecule has 0 aliphatic heterocycles. The average molecular weight is 260 g/mol. The van der Waals surface area contributed by atoms with E-state index in [1.165, 1.54) is 24.8 Å². The molecule has 1 saturated carbocycles. The zero-order chi connectivity index (χ0) is 13.8. The Morgan fingerprint density at radius 1 is 1.32 bits per heavy atom. The molecule has 0 bridgehead atoms. The van der Waals surface area contributed by atoms with Crippen LogP contribution in [0.2, 0.25) is 0 Å². The smallest absolute Gasteiger partial charge is 0.0375 e. The Bertz CT molecular complexity index is 402. The van der Waals surface area contributed by atoms with E-state index in [-0.39, 0.29) is 0 Å². The summed E-state index contributed by atoms with van der Waals surface area (Å²) in [7, 11) is 0. The maximum absolute atomic E-state index is 4.33. The molecule has 0 saturated heterocycles. The number of aromatic nitrogens is 1. The van der Waals surface area contributed by atoms with E-state index < -0.39 is 0 Å². The molecule has 2 rings (SSSR count). The second kappa shape index (κ2) is 6.51. The van der Waals surface area contributed by atoms with Gasteiger partial charge in [0.15, 0.2) is 0 Å². The van der Waals surface area contributed by atoms with Crippen molar-refractivity contribution in [1.29, 1.82) is 0 Å². The molecular formula is C17H28N2. The molecule has 4 atom stereocenters. The van der Waals surface area contributed by atoms with E-state index in [0.717, 1.165) is 30.0 Å². The van der Waals surface area contributed by atoms with Crippen LogP contribution in [0.1, 0.15) is 57.3 Å². The fourth-order valence-electron chi connectivity index (χ4n) is 3.43. The van der Waals surface area contributed by atoms with Crippen molar-refractivity contribution >= 4 is 0 Å². The van der Waals surface area contributed by atoms with Crippen LogP contribution in [0, 0.1) is 24.7 Å². The number of nitrogens with zero attached hydrogens (tertiary/aromatic N) is 1. The van der Waals surface area contributed by atoms with E-state index >= 15 is 0 Å². The normalized spacial score (nSPS) is 29.2. The number of rotatable bonds is 4. The van der Waals surface area contributed by atoms with Crippen molar-refractivity contribution in [1.82, 2.24) is 10.3 Å². The summed E-state index contributed by atoms with van der Waals surface area (Å²) in [6, 6.07) is 4.93.